The molecule has 2 N–H and O–H groups in total. The monoisotopic (exact) mass is 497 g/mol. The van der Waals surface area contributed by atoms with Crippen LogP contribution in [0.4, 0.5) is 10.5 Å². The van der Waals surface area contributed by atoms with E-state index in [1.807, 2.05) is 25.1 Å². The summed E-state index contributed by atoms with van der Waals surface area (Å²) in [5.74, 6) is 0.454. The van der Waals surface area contributed by atoms with Crippen LogP contribution in [0.25, 0.3) is 0 Å². The normalized spacial score (nSPS) is 21.5. The second-order valence-electron chi connectivity index (χ2n) is 9.44. The standard InChI is InChI=1S/C27H39N5O4/c1-6-12-29-27(34)30-21-10-11-23-24(14-21)36-18-20(3)32(16-22-9-7-8-13-28-22)15-19(2)25(35-5)17-31(4)26(23)33/h7-11,13-14,19-20,25H,6,12,15-18H2,1-5H3,(H2,29,30,34)/t19-,20-,25-/m0/s1. The van der Waals surface area contributed by atoms with Gasteiger partial charge in [0.15, 0.2) is 0 Å². The van der Waals surface area contributed by atoms with Crippen molar-refractivity contribution in [3.63, 3.8) is 0 Å². The Bertz CT molecular complexity index is 1000. The number of carbonyl (C=O) groups is 2. The predicted molar refractivity (Wildman–Crippen MR) is 140 cm³/mol. The van der Waals surface area contributed by atoms with Crippen LogP contribution in [0.3, 0.4) is 0 Å². The van der Waals surface area contributed by atoms with Crippen molar-refractivity contribution in [3.05, 3.63) is 53.9 Å². The number of fused-ring (bicyclic) bond motifs is 1. The fraction of sp³-hybridized carbons (Fsp3) is 0.519. The molecule has 3 rings (SSSR count). The topological polar surface area (TPSA) is 96.0 Å². The Morgan fingerprint density at radius 1 is 1.22 bits per heavy atom. The van der Waals surface area contributed by atoms with Gasteiger partial charge in [-0.25, -0.2) is 4.79 Å². The third-order valence-corrected chi connectivity index (χ3v) is 6.46. The van der Waals surface area contributed by atoms with Crippen molar-refractivity contribution in [2.24, 2.45) is 5.92 Å². The van der Waals surface area contributed by atoms with Crippen LogP contribution in [-0.2, 0) is 11.3 Å². The summed E-state index contributed by atoms with van der Waals surface area (Å²) < 4.78 is 12.1. The lowest BCUT2D eigenvalue weighted by Gasteiger charge is -2.35. The number of hydrogen-bond acceptors (Lipinski definition) is 6. The first-order valence-electron chi connectivity index (χ1n) is 12.6. The minimum atomic E-state index is -0.291. The Morgan fingerprint density at radius 3 is 2.72 bits per heavy atom. The maximum atomic E-state index is 13.4. The van der Waals surface area contributed by atoms with Crippen LogP contribution >= 0.6 is 0 Å². The average molecular weight is 498 g/mol. The summed E-state index contributed by atoms with van der Waals surface area (Å²) in [6, 6.07) is 10.8. The number of rotatable bonds is 6. The van der Waals surface area contributed by atoms with E-state index in [1.165, 1.54) is 0 Å². The third kappa shape index (κ3) is 7.41. The molecule has 1 aromatic carbocycles. The highest BCUT2D eigenvalue weighted by Crippen LogP contribution is 2.27. The molecule has 9 nitrogen and oxygen atoms in total. The molecule has 1 aromatic heterocycles. The molecule has 0 bridgehead atoms. The van der Waals surface area contributed by atoms with E-state index in [0.29, 0.717) is 43.2 Å². The molecule has 0 unspecified atom stereocenters. The highest BCUT2D eigenvalue weighted by Gasteiger charge is 2.28. The molecule has 0 aliphatic carbocycles. The van der Waals surface area contributed by atoms with Gasteiger partial charge in [-0.3, -0.25) is 14.7 Å². The molecule has 0 saturated heterocycles. The number of ether oxygens (including phenoxy) is 2. The van der Waals surface area contributed by atoms with Gasteiger partial charge in [-0.05, 0) is 43.5 Å². The summed E-state index contributed by atoms with van der Waals surface area (Å²) in [7, 11) is 3.46. The first-order chi connectivity index (χ1) is 17.3. The summed E-state index contributed by atoms with van der Waals surface area (Å²) in [6.45, 7) is 9.07. The van der Waals surface area contributed by atoms with Crippen LogP contribution in [0.5, 0.6) is 5.75 Å². The zero-order valence-electron chi connectivity index (χ0n) is 22.0. The molecule has 0 radical (unpaired) electrons. The summed E-state index contributed by atoms with van der Waals surface area (Å²) >= 11 is 0. The number of aromatic nitrogens is 1. The van der Waals surface area contributed by atoms with Gasteiger partial charge in [0.05, 0.1) is 17.4 Å². The summed E-state index contributed by atoms with van der Waals surface area (Å²) in [5, 5.41) is 5.61. The third-order valence-electron chi connectivity index (χ3n) is 6.46. The van der Waals surface area contributed by atoms with E-state index in [2.05, 4.69) is 34.4 Å². The fourth-order valence-corrected chi connectivity index (χ4v) is 4.26. The summed E-state index contributed by atoms with van der Waals surface area (Å²) in [4.78, 5) is 34.0. The van der Waals surface area contributed by atoms with Crippen molar-refractivity contribution >= 4 is 17.6 Å². The van der Waals surface area contributed by atoms with Gasteiger partial charge < -0.3 is 25.0 Å². The lowest BCUT2D eigenvalue weighted by molar-refractivity contribution is 0.00901. The van der Waals surface area contributed by atoms with E-state index in [0.717, 1.165) is 18.7 Å². The lowest BCUT2D eigenvalue weighted by atomic mass is 10.0. The number of amides is 3. The van der Waals surface area contributed by atoms with Gasteiger partial charge in [0, 0.05) is 64.3 Å². The van der Waals surface area contributed by atoms with Gasteiger partial charge in [0.1, 0.15) is 12.4 Å². The lowest BCUT2D eigenvalue weighted by Crippen LogP contribution is -2.46. The maximum Gasteiger partial charge on any atom is 0.319 e. The molecule has 2 aromatic rings. The zero-order chi connectivity index (χ0) is 26.1. The van der Waals surface area contributed by atoms with Crippen molar-refractivity contribution in [3.8, 4) is 5.75 Å². The van der Waals surface area contributed by atoms with E-state index in [4.69, 9.17) is 9.47 Å². The zero-order valence-corrected chi connectivity index (χ0v) is 22.0. The fourth-order valence-electron chi connectivity index (χ4n) is 4.26. The van der Waals surface area contributed by atoms with Crippen molar-refractivity contribution in [2.75, 3.05) is 45.7 Å². The first-order valence-corrected chi connectivity index (χ1v) is 12.6. The maximum absolute atomic E-state index is 13.4. The van der Waals surface area contributed by atoms with Gasteiger partial charge >= 0.3 is 6.03 Å². The molecule has 3 amide bonds. The molecule has 1 aliphatic rings. The minimum Gasteiger partial charge on any atom is -0.491 e. The van der Waals surface area contributed by atoms with Crippen molar-refractivity contribution in [1.82, 2.24) is 20.1 Å². The molecule has 0 spiro atoms. The highest BCUT2D eigenvalue weighted by atomic mass is 16.5. The van der Waals surface area contributed by atoms with E-state index >= 15 is 0 Å². The largest absolute Gasteiger partial charge is 0.491 e. The highest BCUT2D eigenvalue weighted by molar-refractivity contribution is 5.98. The second-order valence-corrected chi connectivity index (χ2v) is 9.44. The van der Waals surface area contributed by atoms with Crippen molar-refractivity contribution in [2.45, 2.75) is 45.9 Å². The van der Waals surface area contributed by atoms with E-state index in [-0.39, 0.29) is 30.0 Å². The Kier molecular flexibility index (Phi) is 10.1. The number of urea groups is 1. The predicted octanol–water partition coefficient (Wildman–Crippen LogP) is 3.62. The number of carbonyl (C=O) groups excluding carboxylic acids is 2. The minimum absolute atomic E-state index is 0.0385. The number of benzene rings is 1. The van der Waals surface area contributed by atoms with Gasteiger partial charge in [-0.1, -0.05) is 19.9 Å². The number of hydrogen-bond donors (Lipinski definition) is 2. The van der Waals surface area contributed by atoms with Crippen molar-refractivity contribution in [1.29, 1.82) is 0 Å². The van der Waals surface area contributed by atoms with Crippen LogP contribution in [0, 0.1) is 5.92 Å². The molecule has 9 heteroatoms. The van der Waals surface area contributed by atoms with Gasteiger partial charge in [-0.15, -0.1) is 0 Å². The molecule has 0 fully saturated rings. The van der Waals surface area contributed by atoms with Crippen LogP contribution in [0.15, 0.2) is 42.6 Å². The molecular weight excluding hydrogens is 458 g/mol. The summed E-state index contributed by atoms with van der Waals surface area (Å²) in [6.07, 6.45) is 2.51. The van der Waals surface area contributed by atoms with Crippen LogP contribution < -0.4 is 15.4 Å². The quantitative estimate of drug-likeness (QED) is 0.633. The number of nitrogens with one attached hydrogen (secondary N) is 2. The number of nitrogens with zero attached hydrogens (tertiary/aromatic N) is 3. The van der Waals surface area contributed by atoms with Crippen LogP contribution in [0.2, 0.25) is 0 Å². The molecule has 196 valence electrons. The molecule has 36 heavy (non-hydrogen) atoms. The summed E-state index contributed by atoms with van der Waals surface area (Å²) in [5.41, 5.74) is 1.99. The Hall–Kier alpha value is -3.17. The van der Waals surface area contributed by atoms with Gasteiger partial charge in [0.2, 0.25) is 0 Å². The first kappa shape index (κ1) is 27.4. The van der Waals surface area contributed by atoms with Crippen LogP contribution in [-0.4, -0.2) is 79.3 Å². The average Bonchev–Trinajstić information content (AvgIpc) is 2.88. The molecule has 1 aliphatic heterocycles. The molecular formula is C27H39N5O4. The number of methoxy groups -OCH3 is 1. The number of anilines is 1. The molecule has 0 saturated carbocycles. The van der Waals surface area contributed by atoms with E-state index < -0.39 is 0 Å². The number of likely N-dealkylation sites (N-methyl/N-ethyl adjacent to an activating group) is 1. The van der Waals surface area contributed by atoms with Crippen molar-refractivity contribution < 1.29 is 19.1 Å². The Labute approximate surface area is 214 Å². The van der Waals surface area contributed by atoms with Gasteiger partial charge in [0.25, 0.3) is 5.91 Å². The van der Waals surface area contributed by atoms with Crippen LogP contribution in [0.1, 0.15) is 43.2 Å². The Balaban J connectivity index is 1.90. The smallest absolute Gasteiger partial charge is 0.319 e. The molecule has 3 atom stereocenters. The SMILES string of the molecule is CCCNC(=O)Nc1ccc2c(c1)OC[C@H](C)N(Cc1ccccn1)C[C@H](C)[C@@H](OC)CN(C)C2=O. The Morgan fingerprint density at radius 2 is 2.03 bits per heavy atom. The molecule has 2 heterocycles. The van der Waals surface area contributed by atoms with Gasteiger partial charge in [-0.2, -0.15) is 0 Å². The number of pyridine rings is 1. The van der Waals surface area contributed by atoms with E-state index in [9.17, 15) is 9.59 Å². The second kappa shape index (κ2) is 13.2. The van der Waals surface area contributed by atoms with E-state index in [1.54, 1.807) is 43.5 Å².